The van der Waals surface area contributed by atoms with Gasteiger partial charge in [0.05, 0.1) is 18.3 Å². The summed E-state index contributed by atoms with van der Waals surface area (Å²) in [5.74, 6) is 0.632. The molecule has 1 aliphatic heterocycles. The number of carbonyl (C=O) groups is 1. The molecule has 0 bridgehead atoms. The van der Waals surface area contributed by atoms with Crippen molar-refractivity contribution in [3.63, 3.8) is 0 Å². The molecule has 1 atom stereocenters. The highest BCUT2D eigenvalue weighted by Gasteiger charge is 2.30. The smallest absolute Gasteiger partial charge is 0.289 e. The Balaban J connectivity index is 1.69. The van der Waals surface area contributed by atoms with Gasteiger partial charge in [-0.15, -0.1) is 0 Å². The number of ether oxygens (including phenoxy) is 1. The number of furan rings is 1. The van der Waals surface area contributed by atoms with Gasteiger partial charge in [-0.05, 0) is 39.3 Å². The molecule has 0 radical (unpaired) electrons. The fourth-order valence-corrected chi connectivity index (χ4v) is 2.95. The van der Waals surface area contributed by atoms with E-state index in [9.17, 15) is 4.79 Å². The van der Waals surface area contributed by atoms with E-state index < -0.39 is 0 Å². The number of hydrogen-bond acceptors (Lipinski definition) is 4. The molecule has 0 saturated carbocycles. The van der Waals surface area contributed by atoms with Crippen LogP contribution < -0.4 is 4.74 Å². The molecule has 1 unspecified atom stereocenters. The topological polar surface area (TPSA) is 60.5 Å². The first kappa shape index (κ1) is 14.7. The molecule has 0 spiro atoms. The minimum absolute atomic E-state index is 0.0880. The van der Waals surface area contributed by atoms with Gasteiger partial charge >= 0.3 is 0 Å². The van der Waals surface area contributed by atoms with Gasteiger partial charge in [-0.2, -0.15) is 5.10 Å². The second kappa shape index (κ2) is 5.87. The van der Waals surface area contributed by atoms with E-state index in [0.717, 1.165) is 17.8 Å². The van der Waals surface area contributed by atoms with Gasteiger partial charge in [0.25, 0.3) is 11.9 Å². The normalized spacial score (nSPS) is 18.0. The lowest BCUT2D eigenvalue weighted by Gasteiger charge is -2.16. The average molecular weight is 303 g/mol. The van der Waals surface area contributed by atoms with Gasteiger partial charge in [0, 0.05) is 24.8 Å². The molecule has 0 aromatic carbocycles. The van der Waals surface area contributed by atoms with E-state index in [1.807, 2.05) is 30.4 Å². The summed E-state index contributed by atoms with van der Waals surface area (Å²) in [5.41, 5.74) is 2.14. The fraction of sp³-hybridized carbons (Fsp3) is 0.500. The first-order valence-electron chi connectivity index (χ1n) is 7.63. The summed E-state index contributed by atoms with van der Waals surface area (Å²) in [5, 5.41) is 4.52. The number of carbonyl (C=O) groups excluding carboxylic acids is 1. The van der Waals surface area contributed by atoms with Crippen LogP contribution in [0, 0.1) is 13.8 Å². The number of aromatic nitrogens is 2. The highest BCUT2D eigenvalue weighted by Crippen LogP contribution is 2.25. The molecule has 6 nitrogen and oxygen atoms in total. The van der Waals surface area contributed by atoms with Crippen LogP contribution in [0.5, 0.6) is 5.95 Å². The summed E-state index contributed by atoms with van der Waals surface area (Å²) in [6.45, 7) is 7.80. The van der Waals surface area contributed by atoms with Crippen LogP contribution in [0.2, 0.25) is 0 Å². The molecule has 3 rings (SSSR count). The van der Waals surface area contributed by atoms with E-state index >= 15 is 0 Å². The van der Waals surface area contributed by atoms with E-state index in [1.165, 1.54) is 0 Å². The van der Waals surface area contributed by atoms with E-state index in [4.69, 9.17) is 9.15 Å². The van der Waals surface area contributed by atoms with Crippen LogP contribution in [0.4, 0.5) is 0 Å². The van der Waals surface area contributed by atoms with Crippen molar-refractivity contribution in [2.75, 3.05) is 19.7 Å². The largest absolute Gasteiger partial charge is 0.465 e. The Morgan fingerprint density at radius 2 is 2.27 bits per heavy atom. The number of likely N-dealkylation sites (tertiary alicyclic amines) is 1. The Bertz CT molecular complexity index is 674. The lowest BCUT2D eigenvalue weighted by atomic mass is 10.2. The van der Waals surface area contributed by atoms with Crippen LogP contribution in [0.15, 0.2) is 22.6 Å². The fourth-order valence-electron chi connectivity index (χ4n) is 2.95. The standard InChI is InChI=1S/C16H21N3O3/c1-4-21-15-6-5-14(22-15)16(20)18-8-7-13(10-18)19-12(3)9-11(2)17-19/h5-6,9,13H,4,7-8,10H2,1-3H3. The Labute approximate surface area is 129 Å². The molecule has 1 aliphatic rings. The van der Waals surface area contributed by atoms with Crippen LogP contribution >= 0.6 is 0 Å². The molecular weight excluding hydrogens is 282 g/mol. The summed E-state index contributed by atoms with van der Waals surface area (Å²) in [6, 6.07) is 5.65. The minimum Gasteiger partial charge on any atom is -0.465 e. The van der Waals surface area contributed by atoms with Crippen LogP contribution in [0.25, 0.3) is 0 Å². The van der Waals surface area contributed by atoms with Crippen molar-refractivity contribution in [1.82, 2.24) is 14.7 Å². The molecule has 1 fully saturated rings. The van der Waals surface area contributed by atoms with Crippen molar-refractivity contribution in [2.45, 2.75) is 33.2 Å². The summed E-state index contributed by atoms with van der Waals surface area (Å²) in [7, 11) is 0. The third-order valence-electron chi connectivity index (χ3n) is 3.92. The lowest BCUT2D eigenvalue weighted by molar-refractivity contribution is 0.0747. The molecule has 1 amide bonds. The summed E-state index contributed by atoms with van der Waals surface area (Å²) < 4.78 is 12.7. The number of aryl methyl sites for hydroxylation is 2. The second-order valence-electron chi connectivity index (χ2n) is 5.62. The predicted octanol–water partition coefficient (Wildman–Crippen LogP) is 2.58. The lowest BCUT2D eigenvalue weighted by Crippen LogP contribution is -2.29. The third kappa shape index (κ3) is 2.73. The molecule has 6 heteroatoms. The Kier molecular flexibility index (Phi) is 3.92. The molecule has 1 saturated heterocycles. The van der Waals surface area contributed by atoms with Crippen molar-refractivity contribution < 1.29 is 13.9 Å². The highest BCUT2D eigenvalue weighted by molar-refractivity contribution is 5.91. The van der Waals surface area contributed by atoms with Gasteiger partial charge in [0.2, 0.25) is 0 Å². The van der Waals surface area contributed by atoms with Crippen LogP contribution in [-0.4, -0.2) is 40.3 Å². The molecule has 0 N–H and O–H groups in total. The van der Waals surface area contributed by atoms with E-state index in [2.05, 4.69) is 11.2 Å². The molecule has 0 aliphatic carbocycles. The predicted molar refractivity (Wildman–Crippen MR) is 81.1 cm³/mol. The maximum Gasteiger partial charge on any atom is 0.289 e. The second-order valence-corrected chi connectivity index (χ2v) is 5.62. The average Bonchev–Trinajstić information content (AvgIpc) is 3.18. The molecule has 3 heterocycles. The Morgan fingerprint density at radius 1 is 1.45 bits per heavy atom. The zero-order chi connectivity index (χ0) is 15.7. The number of hydrogen-bond donors (Lipinski definition) is 0. The zero-order valence-electron chi connectivity index (χ0n) is 13.2. The maximum absolute atomic E-state index is 12.5. The zero-order valence-corrected chi connectivity index (χ0v) is 13.2. The Morgan fingerprint density at radius 3 is 2.95 bits per heavy atom. The van der Waals surface area contributed by atoms with Crippen LogP contribution in [-0.2, 0) is 0 Å². The van der Waals surface area contributed by atoms with Crippen molar-refractivity contribution >= 4 is 5.91 Å². The van der Waals surface area contributed by atoms with E-state index in [0.29, 0.717) is 31.4 Å². The monoisotopic (exact) mass is 303 g/mol. The van der Waals surface area contributed by atoms with Gasteiger partial charge in [-0.3, -0.25) is 9.48 Å². The molecule has 118 valence electrons. The minimum atomic E-state index is -0.0880. The third-order valence-corrected chi connectivity index (χ3v) is 3.92. The molecule has 2 aromatic rings. The number of rotatable bonds is 4. The summed E-state index contributed by atoms with van der Waals surface area (Å²) in [4.78, 5) is 14.3. The van der Waals surface area contributed by atoms with Gasteiger partial charge in [0.15, 0.2) is 5.76 Å². The highest BCUT2D eigenvalue weighted by atomic mass is 16.6. The van der Waals surface area contributed by atoms with Crippen molar-refractivity contribution in [3.05, 3.63) is 35.3 Å². The number of amides is 1. The van der Waals surface area contributed by atoms with Gasteiger partial charge in [-0.1, -0.05) is 0 Å². The van der Waals surface area contributed by atoms with Crippen LogP contribution in [0.3, 0.4) is 0 Å². The SMILES string of the molecule is CCOc1ccc(C(=O)N2CCC(n3nc(C)cc3C)C2)o1. The first-order chi connectivity index (χ1) is 10.6. The quantitative estimate of drug-likeness (QED) is 0.871. The molecule has 22 heavy (non-hydrogen) atoms. The van der Waals surface area contributed by atoms with Crippen molar-refractivity contribution in [3.8, 4) is 5.95 Å². The number of nitrogens with zero attached hydrogens (tertiary/aromatic N) is 3. The van der Waals surface area contributed by atoms with Gasteiger partial charge in [0.1, 0.15) is 0 Å². The van der Waals surface area contributed by atoms with E-state index in [1.54, 1.807) is 12.1 Å². The van der Waals surface area contributed by atoms with Crippen molar-refractivity contribution in [2.24, 2.45) is 0 Å². The Hall–Kier alpha value is -2.24. The van der Waals surface area contributed by atoms with E-state index in [-0.39, 0.29) is 11.9 Å². The van der Waals surface area contributed by atoms with Crippen LogP contribution in [0.1, 0.15) is 41.3 Å². The summed E-state index contributed by atoms with van der Waals surface area (Å²) >= 11 is 0. The van der Waals surface area contributed by atoms with Gasteiger partial charge < -0.3 is 14.1 Å². The maximum atomic E-state index is 12.5. The first-order valence-corrected chi connectivity index (χ1v) is 7.63. The van der Waals surface area contributed by atoms with Gasteiger partial charge in [-0.25, -0.2) is 0 Å². The molecule has 2 aromatic heterocycles. The van der Waals surface area contributed by atoms with Crippen molar-refractivity contribution in [1.29, 1.82) is 0 Å². The molecular formula is C16H21N3O3. The summed E-state index contributed by atoms with van der Waals surface area (Å²) in [6.07, 6.45) is 0.909.